The highest BCUT2D eigenvalue weighted by Gasteiger charge is 2.03. The molecule has 1 aromatic rings. The van der Waals surface area contributed by atoms with E-state index in [1.165, 1.54) is 5.56 Å². The maximum absolute atomic E-state index is 9.66. The summed E-state index contributed by atoms with van der Waals surface area (Å²) in [5, 5.41) is 9.66. The molecule has 16 heavy (non-hydrogen) atoms. The molecule has 0 aliphatic heterocycles. The molecular weight excluding hydrogens is 196 g/mol. The van der Waals surface area contributed by atoms with Crippen molar-refractivity contribution in [3.05, 3.63) is 41.0 Å². The van der Waals surface area contributed by atoms with Crippen LogP contribution in [0.1, 0.15) is 51.2 Å². The third-order valence-electron chi connectivity index (χ3n) is 2.91. The van der Waals surface area contributed by atoms with Gasteiger partial charge in [-0.05, 0) is 36.0 Å². The van der Waals surface area contributed by atoms with E-state index in [9.17, 15) is 5.11 Å². The third kappa shape index (κ3) is 3.49. The molecule has 0 bridgehead atoms. The SMILES string of the molecule is CCC(O)C(C)=Cc1ccc(C(C)C)cc1. The molecule has 0 saturated carbocycles. The fourth-order valence-corrected chi connectivity index (χ4v) is 1.66. The average molecular weight is 218 g/mol. The van der Waals surface area contributed by atoms with Crippen molar-refractivity contribution in [1.82, 2.24) is 0 Å². The molecule has 1 rings (SSSR count). The lowest BCUT2D eigenvalue weighted by atomic mass is 10.00. The molecule has 88 valence electrons. The van der Waals surface area contributed by atoms with Gasteiger partial charge in [0, 0.05) is 0 Å². The van der Waals surface area contributed by atoms with E-state index in [2.05, 4.69) is 44.2 Å². The fourth-order valence-electron chi connectivity index (χ4n) is 1.66. The quantitative estimate of drug-likeness (QED) is 0.810. The first-order valence-electron chi connectivity index (χ1n) is 6.00. The van der Waals surface area contributed by atoms with Crippen LogP contribution in [0.4, 0.5) is 0 Å². The zero-order valence-electron chi connectivity index (χ0n) is 10.7. The van der Waals surface area contributed by atoms with E-state index in [-0.39, 0.29) is 6.10 Å². The van der Waals surface area contributed by atoms with Gasteiger partial charge in [0.1, 0.15) is 0 Å². The second-order valence-electron chi connectivity index (χ2n) is 4.63. The molecule has 0 spiro atoms. The maximum Gasteiger partial charge on any atom is 0.0748 e. The Hall–Kier alpha value is -1.08. The molecule has 0 fully saturated rings. The Morgan fingerprint density at radius 1 is 1.25 bits per heavy atom. The number of hydrogen-bond donors (Lipinski definition) is 1. The van der Waals surface area contributed by atoms with E-state index < -0.39 is 0 Å². The number of aliphatic hydroxyl groups is 1. The standard InChI is InChI=1S/C15H22O/c1-5-15(16)12(4)10-13-6-8-14(9-7-13)11(2)3/h6-11,15-16H,5H2,1-4H3. The van der Waals surface area contributed by atoms with Gasteiger partial charge >= 0.3 is 0 Å². The zero-order valence-corrected chi connectivity index (χ0v) is 10.7. The first-order valence-corrected chi connectivity index (χ1v) is 6.00. The average Bonchev–Trinajstić information content (AvgIpc) is 2.28. The van der Waals surface area contributed by atoms with E-state index in [0.29, 0.717) is 5.92 Å². The largest absolute Gasteiger partial charge is 0.389 e. The molecular formula is C15H22O. The van der Waals surface area contributed by atoms with Crippen LogP contribution in [-0.4, -0.2) is 11.2 Å². The van der Waals surface area contributed by atoms with Crippen molar-refractivity contribution in [2.24, 2.45) is 0 Å². The van der Waals surface area contributed by atoms with Crippen molar-refractivity contribution in [2.75, 3.05) is 0 Å². The first kappa shape index (κ1) is 13.0. The Bertz CT molecular complexity index is 346. The smallest absolute Gasteiger partial charge is 0.0748 e. The van der Waals surface area contributed by atoms with Crippen molar-refractivity contribution in [3.63, 3.8) is 0 Å². The van der Waals surface area contributed by atoms with E-state index in [0.717, 1.165) is 17.6 Å². The summed E-state index contributed by atoms with van der Waals surface area (Å²) in [5.41, 5.74) is 3.54. The van der Waals surface area contributed by atoms with Crippen LogP contribution >= 0.6 is 0 Å². The maximum atomic E-state index is 9.66. The number of benzene rings is 1. The lowest BCUT2D eigenvalue weighted by molar-refractivity contribution is 0.208. The van der Waals surface area contributed by atoms with Gasteiger partial charge in [-0.15, -0.1) is 0 Å². The van der Waals surface area contributed by atoms with E-state index in [1.807, 2.05) is 13.8 Å². The van der Waals surface area contributed by atoms with Gasteiger partial charge < -0.3 is 5.11 Å². The lowest BCUT2D eigenvalue weighted by Gasteiger charge is -2.09. The summed E-state index contributed by atoms with van der Waals surface area (Å²) in [4.78, 5) is 0. The summed E-state index contributed by atoms with van der Waals surface area (Å²) in [6.07, 6.45) is 2.51. The molecule has 0 aliphatic rings. The van der Waals surface area contributed by atoms with Crippen molar-refractivity contribution in [1.29, 1.82) is 0 Å². The van der Waals surface area contributed by atoms with Crippen LogP contribution in [0.2, 0.25) is 0 Å². The predicted octanol–water partition coefficient (Wildman–Crippen LogP) is 3.98. The Morgan fingerprint density at radius 2 is 1.81 bits per heavy atom. The van der Waals surface area contributed by atoms with Crippen LogP contribution in [0.25, 0.3) is 6.08 Å². The van der Waals surface area contributed by atoms with Crippen LogP contribution in [0.5, 0.6) is 0 Å². The molecule has 1 unspecified atom stereocenters. The summed E-state index contributed by atoms with van der Waals surface area (Å²) in [5.74, 6) is 0.570. The molecule has 0 aliphatic carbocycles. The minimum absolute atomic E-state index is 0.315. The summed E-state index contributed by atoms with van der Waals surface area (Å²) < 4.78 is 0. The summed E-state index contributed by atoms with van der Waals surface area (Å²) >= 11 is 0. The Morgan fingerprint density at radius 3 is 2.25 bits per heavy atom. The van der Waals surface area contributed by atoms with Gasteiger partial charge in [-0.2, -0.15) is 0 Å². The third-order valence-corrected chi connectivity index (χ3v) is 2.91. The van der Waals surface area contributed by atoms with Gasteiger partial charge in [0.25, 0.3) is 0 Å². The molecule has 1 atom stereocenters. The highest BCUT2D eigenvalue weighted by atomic mass is 16.3. The summed E-state index contributed by atoms with van der Waals surface area (Å²) in [7, 11) is 0. The fraction of sp³-hybridized carbons (Fsp3) is 0.467. The number of rotatable bonds is 4. The normalized spacial score (nSPS) is 14.2. The van der Waals surface area contributed by atoms with Crippen LogP contribution < -0.4 is 0 Å². The second kappa shape index (κ2) is 5.86. The molecule has 1 aromatic carbocycles. The summed E-state index contributed by atoms with van der Waals surface area (Å²) in [6.45, 7) is 8.35. The molecule has 1 N–H and O–H groups in total. The van der Waals surface area contributed by atoms with Gasteiger partial charge in [-0.3, -0.25) is 0 Å². The molecule has 0 heterocycles. The Labute approximate surface area is 98.8 Å². The summed E-state index contributed by atoms with van der Waals surface area (Å²) in [6, 6.07) is 8.53. The molecule has 1 nitrogen and oxygen atoms in total. The Kier molecular flexibility index (Phi) is 4.75. The minimum Gasteiger partial charge on any atom is -0.389 e. The van der Waals surface area contributed by atoms with Crippen LogP contribution in [-0.2, 0) is 0 Å². The van der Waals surface area contributed by atoms with Gasteiger partial charge in [0.15, 0.2) is 0 Å². The minimum atomic E-state index is -0.315. The molecule has 0 amide bonds. The molecule has 1 heteroatoms. The second-order valence-corrected chi connectivity index (χ2v) is 4.63. The topological polar surface area (TPSA) is 20.2 Å². The van der Waals surface area contributed by atoms with Crippen LogP contribution in [0, 0.1) is 0 Å². The molecule has 0 saturated heterocycles. The van der Waals surface area contributed by atoms with E-state index >= 15 is 0 Å². The highest BCUT2D eigenvalue weighted by molar-refractivity contribution is 5.53. The van der Waals surface area contributed by atoms with E-state index in [4.69, 9.17) is 0 Å². The van der Waals surface area contributed by atoms with Gasteiger partial charge in [-0.1, -0.05) is 51.1 Å². The van der Waals surface area contributed by atoms with Gasteiger partial charge in [0.2, 0.25) is 0 Å². The van der Waals surface area contributed by atoms with Crippen molar-refractivity contribution >= 4 is 6.08 Å². The zero-order chi connectivity index (χ0) is 12.1. The predicted molar refractivity (Wildman–Crippen MR) is 70.5 cm³/mol. The van der Waals surface area contributed by atoms with Gasteiger partial charge in [0.05, 0.1) is 6.10 Å². The van der Waals surface area contributed by atoms with Crippen molar-refractivity contribution in [2.45, 2.75) is 46.1 Å². The molecule has 0 radical (unpaired) electrons. The van der Waals surface area contributed by atoms with Crippen LogP contribution in [0.15, 0.2) is 29.8 Å². The number of aliphatic hydroxyl groups excluding tert-OH is 1. The first-order chi connectivity index (χ1) is 7.54. The number of hydrogen-bond acceptors (Lipinski definition) is 1. The molecule has 0 aromatic heterocycles. The van der Waals surface area contributed by atoms with Crippen molar-refractivity contribution < 1.29 is 5.11 Å². The highest BCUT2D eigenvalue weighted by Crippen LogP contribution is 2.17. The lowest BCUT2D eigenvalue weighted by Crippen LogP contribution is -2.05. The Balaban J connectivity index is 2.82. The van der Waals surface area contributed by atoms with Crippen molar-refractivity contribution in [3.8, 4) is 0 Å². The van der Waals surface area contributed by atoms with Crippen LogP contribution in [0.3, 0.4) is 0 Å². The van der Waals surface area contributed by atoms with Gasteiger partial charge in [-0.25, -0.2) is 0 Å². The van der Waals surface area contributed by atoms with E-state index in [1.54, 1.807) is 0 Å². The monoisotopic (exact) mass is 218 g/mol.